The van der Waals surface area contributed by atoms with E-state index in [-0.39, 0.29) is 33.2 Å². The number of aromatic amines is 1. The molecule has 6 rings (SSSR count). The van der Waals surface area contributed by atoms with Gasteiger partial charge in [0.05, 0.1) is 0 Å². The molecule has 0 unspecified atom stereocenters. The van der Waals surface area contributed by atoms with Crippen LogP contribution < -0.4 is 0 Å². The molecular weight excluding hydrogens is 442 g/mol. The van der Waals surface area contributed by atoms with Gasteiger partial charge < -0.3 is 10.1 Å². The van der Waals surface area contributed by atoms with E-state index in [1.165, 1.54) is 55.4 Å². The first-order chi connectivity index (χ1) is 16.8. The summed E-state index contributed by atoms with van der Waals surface area (Å²) in [6.45, 7) is 16.8. The molecule has 0 amide bonds. The molecular formula is C33H43NO2. The second-order valence-electron chi connectivity index (χ2n) is 14.1. The highest BCUT2D eigenvalue weighted by molar-refractivity contribution is 6.06. The lowest BCUT2D eigenvalue weighted by atomic mass is 9.34. The van der Waals surface area contributed by atoms with E-state index in [1.807, 2.05) is 6.92 Å². The minimum atomic E-state index is -0.234. The Morgan fingerprint density at radius 2 is 1.67 bits per heavy atom. The van der Waals surface area contributed by atoms with Gasteiger partial charge in [-0.15, -0.1) is 0 Å². The molecule has 1 aromatic heterocycles. The Balaban J connectivity index is 1.46. The molecule has 3 saturated carbocycles. The summed E-state index contributed by atoms with van der Waals surface area (Å²) in [5.41, 5.74) is 8.00. The van der Waals surface area contributed by atoms with Crippen LogP contribution in [-0.4, -0.2) is 15.9 Å². The second kappa shape index (κ2) is 7.17. The minimum Gasteiger partial charge on any atom is -0.504 e. The fourth-order valence-corrected chi connectivity index (χ4v) is 9.81. The zero-order chi connectivity index (χ0) is 25.9. The van der Waals surface area contributed by atoms with Gasteiger partial charge in [-0.25, -0.2) is 0 Å². The van der Waals surface area contributed by atoms with E-state index >= 15 is 0 Å². The molecule has 1 aromatic rings. The molecule has 0 bridgehead atoms. The van der Waals surface area contributed by atoms with Crippen molar-refractivity contribution in [3.05, 3.63) is 69.8 Å². The minimum absolute atomic E-state index is 0.0820. The molecule has 2 N–H and O–H groups in total. The highest BCUT2D eigenvalue weighted by Gasteiger charge is 2.66. The zero-order valence-electron chi connectivity index (χ0n) is 23.3. The molecule has 36 heavy (non-hydrogen) atoms. The fourth-order valence-electron chi connectivity index (χ4n) is 9.81. The van der Waals surface area contributed by atoms with Crippen LogP contribution in [0.2, 0.25) is 0 Å². The number of hydrogen-bond acceptors (Lipinski definition) is 2. The number of allylic oxidation sites excluding steroid dienone is 7. The molecule has 0 aromatic carbocycles. The third kappa shape index (κ3) is 2.78. The molecule has 0 saturated heterocycles. The number of carbonyl (C=O) groups excluding carboxylic acids is 1. The Morgan fingerprint density at radius 3 is 2.36 bits per heavy atom. The number of aromatic nitrogens is 1. The average molecular weight is 486 g/mol. The van der Waals surface area contributed by atoms with Gasteiger partial charge in [-0.3, -0.25) is 4.79 Å². The van der Waals surface area contributed by atoms with Crippen molar-refractivity contribution in [1.29, 1.82) is 0 Å². The van der Waals surface area contributed by atoms with Gasteiger partial charge in [0.1, 0.15) is 0 Å². The van der Waals surface area contributed by atoms with Crippen molar-refractivity contribution in [2.75, 3.05) is 0 Å². The highest BCUT2D eigenvalue weighted by atomic mass is 16.3. The van der Waals surface area contributed by atoms with Gasteiger partial charge in [0, 0.05) is 22.9 Å². The first kappa shape index (κ1) is 24.1. The largest absolute Gasteiger partial charge is 0.504 e. The van der Waals surface area contributed by atoms with Crippen molar-refractivity contribution in [2.45, 2.75) is 98.8 Å². The maximum atomic E-state index is 12.7. The smallest absolute Gasteiger partial charge is 0.220 e. The molecule has 3 heteroatoms. The van der Waals surface area contributed by atoms with Crippen molar-refractivity contribution in [1.82, 2.24) is 4.98 Å². The summed E-state index contributed by atoms with van der Waals surface area (Å²) in [5.74, 6) is 0.328. The summed E-state index contributed by atoms with van der Waals surface area (Å²) in [5, 5.41) is 10.4. The monoisotopic (exact) mass is 485 g/mol. The number of carbonyl (C=O) groups is 1. The SMILES string of the molecule is CC1=C(O)C(=O)C=C2C1=CC=C1[C@@]2(C)CC[C@@]2(C)[C@@H]3C[C@](C)(c4cc[nH]c4C)CC[C@@]3(C)CC[C@]12C. The molecule has 6 atom stereocenters. The van der Waals surface area contributed by atoms with Gasteiger partial charge in [0.25, 0.3) is 0 Å². The van der Waals surface area contributed by atoms with E-state index in [1.54, 1.807) is 6.08 Å². The van der Waals surface area contributed by atoms with E-state index in [0.717, 1.165) is 23.1 Å². The Bertz CT molecular complexity index is 1300. The Hall–Kier alpha value is -2.29. The predicted octanol–water partition coefficient (Wildman–Crippen LogP) is 8.20. The van der Waals surface area contributed by atoms with Gasteiger partial charge in [0.2, 0.25) is 5.78 Å². The first-order valence-electron chi connectivity index (χ1n) is 14.0. The number of ketones is 1. The molecule has 0 aliphatic heterocycles. The van der Waals surface area contributed by atoms with Crippen LogP contribution in [0.5, 0.6) is 0 Å². The lowest BCUT2D eigenvalue weighted by Gasteiger charge is -2.70. The standard InChI is InChI=1S/C33H43NO2/c1-20-22-8-9-26-31(5,24(22)18-25(35)28(20)36)14-16-33(7)27-19-30(4,23-10-17-34-21(23)2)12-11-29(27,3)13-15-32(26,33)6/h8-10,17-18,27,34,36H,11-16,19H2,1-7H3/t27-,29+,30-,31+,32-,33+/m1/s1. The first-order valence-corrected chi connectivity index (χ1v) is 14.0. The van der Waals surface area contributed by atoms with Crippen molar-refractivity contribution >= 4 is 5.78 Å². The Kier molecular flexibility index (Phi) is 4.80. The van der Waals surface area contributed by atoms with E-state index in [0.29, 0.717) is 11.3 Å². The van der Waals surface area contributed by atoms with Crippen LogP contribution in [0.4, 0.5) is 0 Å². The van der Waals surface area contributed by atoms with Crippen LogP contribution in [0.25, 0.3) is 0 Å². The zero-order valence-corrected chi connectivity index (χ0v) is 23.3. The van der Waals surface area contributed by atoms with Crippen molar-refractivity contribution in [2.24, 2.45) is 27.6 Å². The lowest BCUT2D eigenvalue weighted by molar-refractivity contribution is -0.152. The normalized spacial score (nSPS) is 44.0. The number of aliphatic hydroxyl groups is 1. The number of fused-ring (bicyclic) bond motifs is 7. The predicted molar refractivity (Wildman–Crippen MR) is 146 cm³/mol. The summed E-state index contributed by atoms with van der Waals surface area (Å²) >= 11 is 0. The quantitative estimate of drug-likeness (QED) is 0.421. The van der Waals surface area contributed by atoms with Crippen LogP contribution in [0.15, 0.2) is 58.5 Å². The third-order valence-corrected chi connectivity index (χ3v) is 12.5. The van der Waals surface area contributed by atoms with Crippen molar-refractivity contribution in [3.63, 3.8) is 0 Å². The highest BCUT2D eigenvalue weighted by Crippen LogP contribution is 2.75. The summed E-state index contributed by atoms with van der Waals surface area (Å²) in [6.07, 6.45) is 17.0. The molecule has 0 spiro atoms. The summed E-state index contributed by atoms with van der Waals surface area (Å²) < 4.78 is 0. The Morgan fingerprint density at radius 1 is 0.944 bits per heavy atom. The maximum Gasteiger partial charge on any atom is 0.220 e. The average Bonchev–Trinajstić information content (AvgIpc) is 3.28. The molecule has 1 heterocycles. The molecule has 5 aliphatic rings. The fraction of sp³-hybridized carbons (Fsp3) is 0.606. The molecule has 3 fully saturated rings. The maximum absolute atomic E-state index is 12.7. The number of rotatable bonds is 1. The van der Waals surface area contributed by atoms with Crippen molar-refractivity contribution < 1.29 is 9.90 Å². The van der Waals surface area contributed by atoms with Gasteiger partial charge in [-0.1, -0.05) is 52.3 Å². The molecule has 3 nitrogen and oxygen atoms in total. The van der Waals surface area contributed by atoms with Gasteiger partial charge >= 0.3 is 0 Å². The van der Waals surface area contributed by atoms with Crippen LogP contribution in [0.3, 0.4) is 0 Å². The van der Waals surface area contributed by atoms with Gasteiger partial charge in [-0.2, -0.15) is 0 Å². The van der Waals surface area contributed by atoms with Gasteiger partial charge in [-0.05, 0) is 115 Å². The van der Waals surface area contributed by atoms with Gasteiger partial charge in [0.15, 0.2) is 5.76 Å². The van der Waals surface area contributed by atoms with Crippen LogP contribution in [0, 0.1) is 34.5 Å². The summed E-state index contributed by atoms with van der Waals surface area (Å²) in [7, 11) is 0. The van der Waals surface area contributed by atoms with Crippen LogP contribution >= 0.6 is 0 Å². The van der Waals surface area contributed by atoms with Crippen LogP contribution in [-0.2, 0) is 10.2 Å². The number of hydrogen-bond donors (Lipinski definition) is 2. The van der Waals surface area contributed by atoms with Crippen LogP contribution in [0.1, 0.15) is 97.7 Å². The summed E-state index contributed by atoms with van der Waals surface area (Å²) in [6, 6.07) is 2.33. The summed E-state index contributed by atoms with van der Waals surface area (Å²) in [4.78, 5) is 16.2. The Labute approximate surface area is 216 Å². The van der Waals surface area contributed by atoms with E-state index in [2.05, 4.69) is 70.9 Å². The topological polar surface area (TPSA) is 53.1 Å². The number of nitrogens with one attached hydrogen (secondary N) is 1. The molecule has 192 valence electrons. The van der Waals surface area contributed by atoms with E-state index in [4.69, 9.17) is 0 Å². The van der Waals surface area contributed by atoms with E-state index < -0.39 is 0 Å². The van der Waals surface area contributed by atoms with E-state index in [9.17, 15) is 9.90 Å². The molecule has 0 radical (unpaired) electrons. The number of aliphatic hydroxyl groups excluding tert-OH is 1. The molecule has 5 aliphatic carbocycles. The number of H-pyrrole nitrogens is 1. The number of aryl methyl sites for hydroxylation is 1. The van der Waals surface area contributed by atoms with Crippen molar-refractivity contribution in [3.8, 4) is 0 Å². The second-order valence-corrected chi connectivity index (χ2v) is 14.1. The third-order valence-electron chi connectivity index (χ3n) is 12.5. The lowest BCUT2D eigenvalue weighted by Crippen LogP contribution is -2.62.